The minimum Gasteiger partial charge on any atom is -0.490 e. The van der Waals surface area contributed by atoms with E-state index in [2.05, 4.69) is 5.32 Å². The first-order valence-corrected chi connectivity index (χ1v) is 6.32. The van der Waals surface area contributed by atoms with E-state index in [0.717, 1.165) is 6.07 Å². The molecule has 20 heavy (non-hydrogen) atoms. The Kier molecular flexibility index (Phi) is 6.15. The molecule has 0 amide bonds. The fourth-order valence-corrected chi connectivity index (χ4v) is 2.02. The van der Waals surface area contributed by atoms with Gasteiger partial charge in [-0.15, -0.1) is 0 Å². The average Bonchev–Trinajstić information content (AvgIpc) is 2.43. The van der Waals surface area contributed by atoms with E-state index in [1.165, 1.54) is 13.2 Å². The first kappa shape index (κ1) is 16.6. The molecule has 2 atom stereocenters. The van der Waals surface area contributed by atoms with Crippen LogP contribution in [0.25, 0.3) is 0 Å². The summed E-state index contributed by atoms with van der Waals surface area (Å²) in [5, 5.41) is 33.7. The number of ether oxygens (including phenoxy) is 1. The number of hydrogen-bond acceptors (Lipinski definition) is 6. The van der Waals surface area contributed by atoms with Crippen LogP contribution in [0, 0.1) is 10.1 Å². The van der Waals surface area contributed by atoms with Gasteiger partial charge in [0.2, 0.25) is 0 Å². The second-order valence-electron chi connectivity index (χ2n) is 4.21. The van der Waals surface area contributed by atoms with Crippen molar-refractivity contribution in [2.75, 3.05) is 20.7 Å². The number of methoxy groups -OCH3 is 1. The Morgan fingerprint density at radius 2 is 2.15 bits per heavy atom. The van der Waals surface area contributed by atoms with Crippen molar-refractivity contribution in [2.24, 2.45) is 0 Å². The summed E-state index contributed by atoms with van der Waals surface area (Å²) in [4.78, 5) is 10.3. The van der Waals surface area contributed by atoms with Gasteiger partial charge in [-0.1, -0.05) is 11.6 Å². The van der Waals surface area contributed by atoms with E-state index in [9.17, 15) is 20.3 Å². The van der Waals surface area contributed by atoms with Crippen LogP contribution in [-0.4, -0.2) is 41.9 Å². The van der Waals surface area contributed by atoms with Crippen molar-refractivity contribution in [3.63, 3.8) is 0 Å². The highest BCUT2D eigenvalue weighted by molar-refractivity contribution is 6.31. The molecule has 0 radical (unpaired) electrons. The zero-order valence-electron chi connectivity index (χ0n) is 11.2. The maximum atomic E-state index is 10.9. The highest BCUT2D eigenvalue weighted by Gasteiger charge is 2.25. The van der Waals surface area contributed by atoms with Crippen molar-refractivity contribution in [3.05, 3.63) is 32.8 Å². The molecule has 0 saturated carbocycles. The van der Waals surface area contributed by atoms with Gasteiger partial charge in [0.15, 0.2) is 5.75 Å². The molecule has 1 rings (SSSR count). The first-order chi connectivity index (χ1) is 9.42. The van der Waals surface area contributed by atoms with Gasteiger partial charge in [-0.05, 0) is 20.0 Å². The summed E-state index contributed by atoms with van der Waals surface area (Å²) in [5.74, 6) is 0.000615. The third kappa shape index (κ3) is 3.80. The maximum Gasteiger partial charge on any atom is 0.311 e. The van der Waals surface area contributed by atoms with Gasteiger partial charge in [0, 0.05) is 17.7 Å². The minimum absolute atomic E-state index is 0.000615. The molecular weight excluding hydrogens is 288 g/mol. The van der Waals surface area contributed by atoms with E-state index in [0.29, 0.717) is 6.54 Å². The molecule has 0 aliphatic rings. The lowest BCUT2D eigenvalue weighted by Crippen LogP contribution is -2.23. The molecule has 8 heteroatoms. The lowest BCUT2D eigenvalue weighted by Gasteiger charge is -2.19. The molecule has 0 heterocycles. The second kappa shape index (κ2) is 7.39. The Labute approximate surface area is 121 Å². The fourth-order valence-electron chi connectivity index (χ4n) is 1.75. The molecule has 0 saturated heterocycles. The summed E-state index contributed by atoms with van der Waals surface area (Å²) in [6.45, 7) is 0.494. The van der Waals surface area contributed by atoms with Gasteiger partial charge in [0.1, 0.15) is 6.10 Å². The summed E-state index contributed by atoms with van der Waals surface area (Å²) < 4.78 is 4.87. The number of nitro benzene ring substituents is 1. The van der Waals surface area contributed by atoms with E-state index < -0.39 is 17.1 Å². The molecule has 0 aromatic heterocycles. The SMILES string of the molecule is CNCCC(O)C(O)c1cc([N+](=O)[O-])c(OC)cc1Cl. The van der Waals surface area contributed by atoms with Gasteiger partial charge < -0.3 is 20.3 Å². The van der Waals surface area contributed by atoms with E-state index in [1.807, 2.05) is 0 Å². The van der Waals surface area contributed by atoms with Crippen LogP contribution >= 0.6 is 11.6 Å². The van der Waals surface area contributed by atoms with Crippen LogP contribution in [0.4, 0.5) is 5.69 Å². The van der Waals surface area contributed by atoms with Gasteiger partial charge >= 0.3 is 5.69 Å². The monoisotopic (exact) mass is 304 g/mol. The van der Waals surface area contributed by atoms with Crippen LogP contribution in [0.15, 0.2) is 12.1 Å². The van der Waals surface area contributed by atoms with Crippen LogP contribution in [-0.2, 0) is 0 Å². The number of benzene rings is 1. The van der Waals surface area contributed by atoms with Crippen molar-refractivity contribution in [1.29, 1.82) is 0 Å². The number of aliphatic hydroxyl groups is 2. The number of aliphatic hydroxyl groups excluding tert-OH is 2. The van der Waals surface area contributed by atoms with Crippen LogP contribution in [0.1, 0.15) is 18.1 Å². The zero-order chi connectivity index (χ0) is 15.3. The highest BCUT2D eigenvalue weighted by atomic mass is 35.5. The largest absolute Gasteiger partial charge is 0.490 e. The summed E-state index contributed by atoms with van der Waals surface area (Å²) in [6.07, 6.45) is -2.10. The van der Waals surface area contributed by atoms with Crippen molar-refractivity contribution < 1.29 is 19.9 Å². The topological polar surface area (TPSA) is 105 Å². The number of nitro groups is 1. The van der Waals surface area contributed by atoms with Crippen molar-refractivity contribution in [1.82, 2.24) is 5.32 Å². The van der Waals surface area contributed by atoms with E-state index in [1.54, 1.807) is 7.05 Å². The summed E-state index contributed by atoms with van der Waals surface area (Å²) in [5.41, 5.74) is -0.213. The summed E-state index contributed by atoms with van der Waals surface area (Å²) in [7, 11) is 3.00. The third-order valence-corrected chi connectivity index (χ3v) is 3.20. The molecular formula is C12H17ClN2O5. The molecule has 0 spiro atoms. The number of halogens is 1. The van der Waals surface area contributed by atoms with Crippen LogP contribution in [0.2, 0.25) is 5.02 Å². The smallest absolute Gasteiger partial charge is 0.311 e. The third-order valence-electron chi connectivity index (χ3n) is 2.87. The molecule has 0 aliphatic carbocycles. The average molecular weight is 305 g/mol. The van der Waals surface area contributed by atoms with Crippen LogP contribution < -0.4 is 10.1 Å². The summed E-state index contributed by atoms with van der Waals surface area (Å²) >= 11 is 5.97. The molecule has 3 N–H and O–H groups in total. The summed E-state index contributed by atoms with van der Waals surface area (Å²) in [6, 6.07) is 2.37. The number of nitrogens with zero attached hydrogens (tertiary/aromatic N) is 1. The Bertz CT molecular complexity index is 483. The normalized spacial score (nSPS) is 13.8. The van der Waals surface area contributed by atoms with Crippen LogP contribution in [0.3, 0.4) is 0 Å². The number of hydrogen-bond donors (Lipinski definition) is 3. The standard InChI is InChI=1S/C12H17ClN2O5/c1-14-4-3-10(16)12(17)7-5-9(15(18)19)11(20-2)6-8(7)13/h5-6,10,12,14,16-17H,3-4H2,1-2H3. The minimum atomic E-state index is -1.31. The van der Waals surface area contributed by atoms with E-state index in [-0.39, 0.29) is 28.4 Å². The predicted octanol–water partition coefficient (Wildman–Crippen LogP) is 1.26. The Morgan fingerprint density at radius 3 is 2.65 bits per heavy atom. The highest BCUT2D eigenvalue weighted by Crippen LogP contribution is 2.36. The number of rotatable bonds is 7. The molecule has 0 bridgehead atoms. The molecule has 112 valence electrons. The maximum absolute atomic E-state index is 10.9. The van der Waals surface area contributed by atoms with Gasteiger partial charge in [0.05, 0.1) is 23.2 Å². The quantitative estimate of drug-likeness (QED) is 0.517. The van der Waals surface area contributed by atoms with Gasteiger partial charge in [-0.2, -0.15) is 0 Å². The molecule has 1 aromatic rings. The number of nitrogens with one attached hydrogen (secondary N) is 1. The predicted molar refractivity (Wildman–Crippen MR) is 74.2 cm³/mol. The first-order valence-electron chi connectivity index (χ1n) is 5.95. The van der Waals surface area contributed by atoms with Gasteiger partial charge in [-0.25, -0.2) is 0 Å². The lowest BCUT2D eigenvalue weighted by molar-refractivity contribution is -0.385. The second-order valence-corrected chi connectivity index (χ2v) is 4.61. The van der Waals surface area contributed by atoms with E-state index >= 15 is 0 Å². The molecule has 0 aliphatic heterocycles. The molecule has 7 nitrogen and oxygen atoms in total. The van der Waals surface area contributed by atoms with Gasteiger partial charge in [-0.3, -0.25) is 10.1 Å². The zero-order valence-corrected chi connectivity index (χ0v) is 11.9. The molecule has 1 aromatic carbocycles. The van der Waals surface area contributed by atoms with Crippen molar-refractivity contribution in [2.45, 2.75) is 18.6 Å². The van der Waals surface area contributed by atoms with Crippen molar-refractivity contribution >= 4 is 17.3 Å². The van der Waals surface area contributed by atoms with E-state index in [4.69, 9.17) is 16.3 Å². The molecule has 2 unspecified atom stereocenters. The Hall–Kier alpha value is -1.41. The molecule has 0 fully saturated rings. The fraction of sp³-hybridized carbons (Fsp3) is 0.500. The Balaban J connectivity index is 3.11. The lowest BCUT2D eigenvalue weighted by atomic mass is 10.0. The van der Waals surface area contributed by atoms with Crippen LogP contribution in [0.5, 0.6) is 5.75 Å². The van der Waals surface area contributed by atoms with Crippen molar-refractivity contribution in [3.8, 4) is 5.75 Å². The van der Waals surface area contributed by atoms with Gasteiger partial charge in [0.25, 0.3) is 0 Å². The Morgan fingerprint density at radius 1 is 1.50 bits per heavy atom.